The molecular weight excluding hydrogens is 406 g/mol. The monoisotopic (exact) mass is 431 g/mol. The minimum absolute atomic E-state index is 0.222. The number of benzene rings is 1. The molecule has 0 saturated heterocycles. The summed E-state index contributed by atoms with van der Waals surface area (Å²) in [5.41, 5.74) is 1.68. The van der Waals surface area contributed by atoms with E-state index in [0.29, 0.717) is 39.9 Å². The molecule has 2 aromatic rings. The van der Waals surface area contributed by atoms with Crippen LogP contribution in [0.3, 0.4) is 0 Å². The number of hydrogen-bond donors (Lipinski definition) is 0. The van der Waals surface area contributed by atoms with Gasteiger partial charge in [0, 0.05) is 31.9 Å². The number of carbonyl (C=O) groups excluding carboxylic acids is 2. The van der Waals surface area contributed by atoms with E-state index in [1.165, 1.54) is 11.3 Å². The maximum Gasteiger partial charge on any atom is 0.313 e. The Balaban J connectivity index is 1.97. The molecule has 0 bridgehead atoms. The lowest BCUT2D eigenvalue weighted by Crippen LogP contribution is -2.31. The van der Waals surface area contributed by atoms with Gasteiger partial charge >= 0.3 is 5.97 Å². The lowest BCUT2D eigenvalue weighted by atomic mass is 9.81. The van der Waals surface area contributed by atoms with E-state index >= 15 is 0 Å². The molecule has 0 fully saturated rings. The molecule has 1 atom stereocenters. The normalized spacial score (nSPS) is 16.8. The fraction of sp³-hybridized carbons (Fsp3) is 0.364. The highest BCUT2D eigenvalue weighted by atomic mass is 32.1. The number of Topliss-reactive ketones (excluding diaryl/α,β-unsaturated/α-hetero) is 1. The molecule has 0 radical (unpaired) electrons. The van der Waals surface area contributed by atoms with Crippen molar-refractivity contribution in [3.8, 4) is 22.3 Å². The number of rotatable bonds is 7. The van der Waals surface area contributed by atoms with Crippen molar-refractivity contribution in [3.05, 3.63) is 46.5 Å². The summed E-state index contributed by atoms with van der Waals surface area (Å²) in [6.07, 6.45) is 2.08. The van der Waals surface area contributed by atoms with Crippen molar-refractivity contribution < 1.29 is 28.5 Å². The zero-order valence-corrected chi connectivity index (χ0v) is 18.5. The molecule has 0 N–H and O–H groups in total. The lowest BCUT2D eigenvalue weighted by Gasteiger charge is -2.25. The summed E-state index contributed by atoms with van der Waals surface area (Å²) in [5.74, 6) is 0.398. The van der Waals surface area contributed by atoms with Crippen LogP contribution in [0, 0.1) is 5.92 Å². The highest BCUT2D eigenvalue weighted by molar-refractivity contribution is 7.12. The molecule has 0 saturated carbocycles. The standard InChI is InChI=1S/C22H25NO6S/c1-6-28-21(25)15-9-13-12-30-22(19(13)20(24)16(15)11-23(2)3)29-14-7-8-17(26-4)18(10-14)27-5/h7-8,10-12,15H,6,9H2,1-5H3. The number of methoxy groups -OCH3 is 2. The third kappa shape index (κ3) is 4.28. The second-order valence-electron chi connectivity index (χ2n) is 6.93. The maximum absolute atomic E-state index is 13.3. The second kappa shape index (κ2) is 9.21. The Kier molecular flexibility index (Phi) is 6.66. The van der Waals surface area contributed by atoms with E-state index < -0.39 is 11.9 Å². The molecule has 1 aliphatic rings. The van der Waals surface area contributed by atoms with Crippen LogP contribution in [0.25, 0.3) is 0 Å². The summed E-state index contributed by atoms with van der Waals surface area (Å²) in [6.45, 7) is 2.02. The molecule has 1 aliphatic carbocycles. The zero-order valence-electron chi connectivity index (χ0n) is 17.7. The average Bonchev–Trinajstić information content (AvgIpc) is 3.12. The van der Waals surface area contributed by atoms with Gasteiger partial charge in [0.05, 0.1) is 32.3 Å². The Bertz CT molecular complexity index is 978. The first-order chi connectivity index (χ1) is 14.4. The molecule has 1 aromatic carbocycles. The van der Waals surface area contributed by atoms with E-state index in [1.54, 1.807) is 50.4 Å². The topological polar surface area (TPSA) is 74.3 Å². The number of esters is 1. The van der Waals surface area contributed by atoms with Gasteiger partial charge in [0.2, 0.25) is 0 Å². The van der Waals surface area contributed by atoms with Crippen molar-refractivity contribution in [2.75, 3.05) is 34.9 Å². The second-order valence-corrected chi connectivity index (χ2v) is 7.77. The van der Waals surface area contributed by atoms with Crippen molar-refractivity contribution in [2.45, 2.75) is 13.3 Å². The van der Waals surface area contributed by atoms with Crippen LogP contribution in [0.15, 0.2) is 35.4 Å². The Labute approximate surface area is 179 Å². The van der Waals surface area contributed by atoms with Crippen LogP contribution in [0.2, 0.25) is 0 Å². The molecule has 1 heterocycles. The molecule has 0 amide bonds. The van der Waals surface area contributed by atoms with Crippen LogP contribution >= 0.6 is 11.3 Å². The predicted molar refractivity (Wildman–Crippen MR) is 114 cm³/mol. The van der Waals surface area contributed by atoms with E-state index in [4.69, 9.17) is 18.9 Å². The summed E-state index contributed by atoms with van der Waals surface area (Å²) < 4.78 is 21.8. The average molecular weight is 432 g/mol. The van der Waals surface area contributed by atoms with Gasteiger partial charge in [-0.2, -0.15) is 0 Å². The first kappa shape index (κ1) is 21.7. The summed E-state index contributed by atoms with van der Waals surface area (Å²) in [6, 6.07) is 5.19. The number of fused-ring (bicyclic) bond motifs is 1. The van der Waals surface area contributed by atoms with Crippen molar-refractivity contribution in [1.29, 1.82) is 0 Å². The molecular formula is C22H25NO6S. The zero-order chi connectivity index (χ0) is 21.8. The van der Waals surface area contributed by atoms with Crippen molar-refractivity contribution in [2.24, 2.45) is 5.92 Å². The minimum Gasteiger partial charge on any atom is -0.493 e. The van der Waals surface area contributed by atoms with Crippen LogP contribution < -0.4 is 14.2 Å². The molecule has 7 nitrogen and oxygen atoms in total. The SMILES string of the molecule is CCOC(=O)C1Cc2csc(Oc3ccc(OC)c(OC)c3)c2C(=O)C1=CN(C)C. The molecule has 1 unspecified atom stereocenters. The lowest BCUT2D eigenvalue weighted by molar-refractivity contribution is -0.146. The molecule has 3 rings (SSSR count). The van der Waals surface area contributed by atoms with E-state index in [0.717, 1.165) is 5.56 Å². The fourth-order valence-electron chi connectivity index (χ4n) is 3.34. The number of hydrogen-bond acceptors (Lipinski definition) is 8. The fourth-order valence-corrected chi connectivity index (χ4v) is 4.29. The summed E-state index contributed by atoms with van der Waals surface area (Å²) in [7, 11) is 6.73. The van der Waals surface area contributed by atoms with E-state index in [9.17, 15) is 9.59 Å². The molecule has 160 valence electrons. The van der Waals surface area contributed by atoms with Gasteiger partial charge in [-0.15, -0.1) is 11.3 Å². The van der Waals surface area contributed by atoms with Gasteiger partial charge < -0.3 is 23.8 Å². The summed E-state index contributed by atoms with van der Waals surface area (Å²) >= 11 is 1.33. The first-order valence-corrected chi connectivity index (χ1v) is 10.4. The summed E-state index contributed by atoms with van der Waals surface area (Å²) in [4.78, 5) is 27.6. The predicted octanol–water partition coefficient (Wildman–Crippen LogP) is 3.92. The molecule has 8 heteroatoms. The number of ether oxygens (including phenoxy) is 4. The van der Waals surface area contributed by atoms with Crippen LogP contribution in [-0.2, 0) is 16.0 Å². The molecule has 1 aromatic heterocycles. The first-order valence-electron chi connectivity index (χ1n) is 9.49. The Morgan fingerprint density at radius 1 is 1.23 bits per heavy atom. The molecule has 30 heavy (non-hydrogen) atoms. The van der Waals surface area contributed by atoms with E-state index in [2.05, 4.69) is 0 Å². The number of nitrogens with zero attached hydrogens (tertiary/aromatic N) is 1. The Morgan fingerprint density at radius 2 is 1.97 bits per heavy atom. The quantitative estimate of drug-likeness (QED) is 0.486. The van der Waals surface area contributed by atoms with Crippen molar-refractivity contribution in [3.63, 3.8) is 0 Å². The summed E-state index contributed by atoms with van der Waals surface area (Å²) in [5, 5.41) is 2.34. The Hall–Kier alpha value is -3.00. The van der Waals surface area contributed by atoms with E-state index in [-0.39, 0.29) is 12.4 Å². The third-order valence-electron chi connectivity index (χ3n) is 4.66. The van der Waals surface area contributed by atoms with Gasteiger partial charge in [0.1, 0.15) is 5.75 Å². The molecule has 0 aliphatic heterocycles. The van der Waals surface area contributed by atoms with Crippen molar-refractivity contribution in [1.82, 2.24) is 4.90 Å². The van der Waals surface area contributed by atoms with Gasteiger partial charge in [0.15, 0.2) is 22.3 Å². The van der Waals surface area contributed by atoms with Gasteiger partial charge in [-0.25, -0.2) is 0 Å². The van der Waals surface area contributed by atoms with Crippen LogP contribution in [0.4, 0.5) is 0 Å². The maximum atomic E-state index is 13.3. The molecule has 0 spiro atoms. The van der Waals surface area contributed by atoms with Crippen LogP contribution in [0.1, 0.15) is 22.8 Å². The smallest absolute Gasteiger partial charge is 0.313 e. The highest BCUT2D eigenvalue weighted by Crippen LogP contribution is 2.43. The number of ketones is 1. The van der Waals surface area contributed by atoms with Gasteiger partial charge in [-0.1, -0.05) is 0 Å². The number of thiophene rings is 1. The van der Waals surface area contributed by atoms with Gasteiger partial charge in [-0.05, 0) is 36.4 Å². The van der Waals surface area contributed by atoms with Crippen molar-refractivity contribution >= 4 is 23.1 Å². The van der Waals surface area contributed by atoms with Gasteiger partial charge in [-0.3, -0.25) is 9.59 Å². The highest BCUT2D eigenvalue weighted by Gasteiger charge is 2.39. The third-order valence-corrected chi connectivity index (χ3v) is 5.56. The van der Waals surface area contributed by atoms with Gasteiger partial charge in [0.25, 0.3) is 0 Å². The van der Waals surface area contributed by atoms with E-state index in [1.807, 2.05) is 19.5 Å². The largest absolute Gasteiger partial charge is 0.493 e. The van der Waals surface area contributed by atoms with Crippen LogP contribution in [-0.4, -0.2) is 51.6 Å². The minimum atomic E-state index is -0.629. The Morgan fingerprint density at radius 3 is 2.60 bits per heavy atom. The van der Waals surface area contributed by atoms with Crippen LogP contribution in [0.5, 0.6) is 22.3 Å². The number of carbonyl (C=O) groups is 2.